The lowest BCUT2D eigenvalue weighted by Crippen LogP contribution is -1.96. The summed E-state index contributed by atoms with van der Waals surface area (Å²) in [7, 11) is 0. The van der Waals surface area contributed by atoms with Crippen LogP contribution in [-0.4, -0.2) is 4.98 Å². The smallest absolute Gasteiger partial charge is 0.161 e. The van der Waals surface area contributed by atoms with Gasteiger partial charge < -0.3 is 10.5 Å². The molecule has 1 aromatic heterocycles. The van der Waals surface area contributed by atoms with Crippen LogP contribution in [0.5, 0.6) is 11.5 Å². The van der Waals surface area contributed by atoms with Gasteiger partial charge in [-0.1, -0.05) is 38.1 Å². The second-order valence-electron chi connectivity index (χ2n) is 5.39. The largest absolute Gasteiger partial charge is 0.454 e. The minimum atomic E-state index is 0.458. The van der Waals surface area contributed by atoms with Crippen LogP contribution in [0.25, 0.3) is 10.9 Å². The van der Waals surface area contributed by atoms with Gasteiger partial charge in [-0.2, -0.15) is 0 Å². The van der Waals surface area contributed by atoms with Gasteiger partial charge in [0.2, 0.25) is 0 Å². The number of nitrogens with two attached hydrogens (primary N) is 1. The highest BCUT2D eigenvalue weighted by molar-refractivity contribution is 5.89. The van der Waals surface area contributed by atoms with Crippen molar-refractivity contribution in [2.45, 2.75) is 19.8 Å². The van der Waals surface area contributed by atoms with E-state index in [4.69, 9.17) is 10.5 Å². The van der Waals surface area contributed by atoms with Crippen molar-refractivity contribution in [3.63, 3.8) is 0 Å². The van der Waals surface area contributed by atoms with Gasteiger partial charge in [0, 0.05) is 5.39 Å². The molecule has 3 heteroatoms. The molecule has 3 aromatic rings. The van der Waals surface area contributed by atoms with E-state index in [0.717, 1.165) is 16.7 Å². The molecule has 0 fully saturated rings. The Kier molecular flexibility index (Phi) is 3.48. The molecule has 2 aromatic carbocycles. The number of ether oxygens (including phenoxy) is 1. The van der Waals surface area contributed by atoms with Crippen molar-refractivity contribution in [1.29, 1.82) is 0 Å². The SMILES string of the molecule is CC(C)c1cccc(Oc2c(N)cnc3ccccc23)c1. The van der Waals surface area contributed by atoms with E-state index in [1.54, 1.807) is 6.20 Å². The van der Waals surface area contributed by atoms with Gasteiger partial charge >= 0.3 is 0 Å². The fraction of sp³-hybridized carbons (Fsp3) is 0.167. The van der Waals surface area contributed by atoms with Crippen molar-refractivity contribution < 1.29 is 4.74 Å². The van der Waals surface area contributed by atoms with E-state index < -0.39 is 0 Å². The summed E-state index contributed by atoms with van der Waals surface area (Å²) in [6.45, 7) is 4.32. The fourth-order valence-corrected chi connectivity index (χ4v) is 2.30. The van der Waals surface area contributed by atoms with Gasteiger partial charge in [0.25, 0.3) is 0 Å². The van der Waals surface area contributed by atoms with E-state index >= 15 is 0 Å². The lowest BCUT2D eigenvalue weighted by Gasteiger charge is -2.13. The summed E-state index contributed by atoms with van der Waals surface area (Å²) in [6.07, 6.45) is 1.64. The molecule has 0 radical (unpaired) electrons. The van der Waals surface area contributed by atoms with E-state index in [-0.39, 0.29) is 0 Å². The van der Waals surface area contributed by atoms with Gasteiger partial charge in [0.05, 0.1) is 17.4 Å². The monoisotopic (exact) mass is 278 g/mol. The topological polar surface area (TPSA) is 48.1 Å². The molecule has 1 heterocycles. The number of nitrogen functional groups attached to an aromatic ring is 1. The molecule has 0 spiro atoms. The van der Waals surface area contributed by atoms with Crippen molar-refractivity contribution in [1.82, 2.24) is 4.98 Å². The Labute approximate surface area is 124 Å². The minimum absolute atomic E-state index is 0.458. The number of aromatic nitrogens is 1. The Bertz CT molecular complexity index is 781. The average Bonchev–Trinajstić information content (AvgIpc) is 2.50. The molecule has 0 unspecified atom stereocenters. The zero-order valence-electron chi connectivity index (χ0n) is 12.2. The van der Waals surface area contributed by atoms with Crippen LogP contribution >= 0.6 is 0 Å². The number of hydrogen-bond donors (Lipinski definition) is 1. The van der Waals surface area contributed by atoms with Gasteiger partial charge in [-0.05, 0) is 35.7 Å². The average molecular weight is 278 g/mol. The third kappa shape index (κ3) is 2.68. The van der Waals surface area contributed by atoms with Gasteiger partial charge in [0.15, 0.2) is 5.75 Å². The molecule has 2 N–H and O–H groups in total. The maximum atomic E-state index is 6.05. The van der Waals surface area contributed by atoms with Gasteiger partial charge in [-0.25, -0.2) is 0 Å². The van der Waals surface area contributed by atoms with Crippen molar-refractivity contribution in [3.8, 4) is 11.5 Å². The molecule has 21 heavy (non-hydrogen) atoms. The number of hydrogen-bond acceptors (Lipinski definition) is 3. The van der Waals surface area contributed by atoms with Crippen LogP contribution in [-0.2, 0) is 0 Å². The molecule has 106 valence electrons. The summed E-state index contributed by atoms with van der Waals surface area (Å²) in [5.74, 6) is 1.92. The van der Waals surface area contributed by atoms with E-state index in [1.165, 1.54) is 5.56 Å². The lowest BCUT2D eigenvalue weighted by atomic mass is 10.0. The Morgan fingerprint density at radius 2 is 1.86 bits per heavy atom. The van der Waals surface area contributed by atoms with E-state index in [1.807, 2.05) is 36.4 Å². The minimum Gasteiger partial charge on any atom is -0.454 e. The summed E-state index contributed by atoms with van der Waals surface area (Å²) in [6, 6.07) is 15.9. The molecule has 3 nitrogen and oxygen atoms in total. The van der Waals surface area contributed by atoms with Crippen molar-refractivity contribution >= 4 is 16.6 Å². The fourth-order valence-electron chi connectivity index (χ4n) is 2.30. The number of nitrogens with zero attached hydrogens (tertiary/aromatic N) is 1. The predicted molar refractivity (Wildman–Crippen MR) is 86.8 cm³/mol. The third-order valence-corrected chi connectivity index (χ3v) is 3.50. The van der Waals surface area contributed by atoms with Crippen molar-refractivity contribution in [3.05, 3.63) is 60.3 Å². The molecule has 0 amide bonds. The van der Waals surface area contributed by atoms with Crippen LogP contribution < -0.4 is 10.5 Å². The zero-order chi connectivity index (χ0) is 14.8. The van der Waals surface area contributed by atoms with Crippen LogP contribution in [0.15, 0.2) is 54.7 Å². The Balaban J connectivity index is 2.05. The van der Waals surface area contributed by atoms with Crippen LogP contribution in [0.3, 0.4) is 0 Å². The quantitative estimate of drug-likeness (QED) is 0.753. The third-order valence-electron chi connectivity index (χ3n) is 3.50. The molecule has 3 rings (SSSR count). The normalized spacial score (nSPS) is 11.0. The first-order chi connectivity index (χ1) is 10.1. The summed E-state index contributed by atoms with van der Waals surface area (Å²) < 4.78 is 6.05. The zero-order valence-corrected chi connectivity index (χ0v) is 12.2. The molecule has 0 atom stereocenters. The standard InChI is InChI=1S/C18H18N2O/c1-12(2)13-6-5-7-14(10-13)21-18-15-8-3-4-9-17(15)20-11-16(18)19/h3-12H,19H2,1-2H3. The maximum Gasteiger partial charge on any atom is 0.161 e. The molecule has 0 aliphatic rings. The van der Waals surface area contributed by atoms with E-state index in [2.05, 4.69) is 31.0 Å². The number of anilines is 1. The molecular formula is C18H18N2O. The van der Waals surface area contributed by atoms with E-state index in [0.29, 0.717) is 17.4 Å². The molecule has 0 saturated heterocycles. The maximum absolute atomic E-state index is 6.05. The van der Waals surface area contributed by atoms with Crippen LogP contribution in [0.1, 0.15) is 25.3 Å². The Morgan fingerprint density at radius 3 is 2.67 bits per heavy atom. The number of para-hydroxylation sites is 1. The number of benzene rings is 2. The van der Waals surface area contributed by atoms with Gasteiger partial charge in [0.1, 0.15) is 5.75 Å². The molecule has 0 aliphatic heterocycles. The summed E-state index contributed by atoms with van der Waals surface area (Å²) in [5.41, 5.74) is 8.71. The number of rotatable bonds is 3. The predicted octanol–water partition coefficient (Wildman–Crippen LogP) is 4.73. The van der Waals surface area contributed by atoms with Crippen LogP contribution in [0, 0.1) is 0 Å². The second-order valence-corrected chi connectivity index (χ2v) is 5.39. The Hall–Kier alpha value is -2.55. The lowest BCUT2D eigenvalue weighted by molar-refractivity contribution is 0.489. The first-order valence-electron chi connectivity index (χ1n) is 7.06. The van der Waals surface area contributed by atoms with Gasteiger partial charge in [-0.15, -0.1) is 0 Å². The summed E-state index contributed by atoms with van der Waals surface area (Å²) >= 11 is 0. The molecule has 0 aliphatic carbocycles. The molecule has 0 saturated carbocycles. The highest BCUT2D eigenvalue weighted by Crippen LogP contribution is 2.34. The highest BCUT2D eigenvalue weighted by atomic mass is 16.5. The highest BCUT2D eigenvalue weighted by Gasteiger charge is 2.09. The van der Waals surface area contributed by atoms with Gasteiger partial charge in [-0.3, -0.25) is 4.98 Å². The van der Waals surface area contributed by atoms with Crippen LogP contribution in [0.2, 0.25) is 0 Å². The van der Waals surface area contributed by atoms with E-state index in [9.17, 15) is 0 Å². The first-order valence-corrected chi connectivity index (χ1v) is 7.06. The Morgan fingerprint density at radius 1 is 1.05 bits per heavy atom. The second kappa shape index (κ2) is 5.44. The number of pyridine rings is 1. The van der Waals surface area contributed by atoms with Crippen molar-refractivity contribution in [2.24, 2.45) is 0 Å². The molecule has 0 bridgehead atoms. The summed E-state index contributed by atoms with van der Waals surface area (Å²) in [4.78, 5) is 4.32. The van der Waals surface area contributed by atoms with Crippen LogP contribution in [0.4, 0.5) is 5.69 Å². The van der Waals surface area contributed by atoms with Crippen molar-refractivity contribution in [2.75, 3.05) is 5.73 Å². The molecular weight excluding hydrogens is 260 g/mol. The number of fused-ring (bicyclic) bond motifs is 1. The first kappa shape index (κ1) is 13.4. The summed E-state index contributed by atoms with van der Waals surface area (Å²) in [5, 5.41) is 0.924.